The minimum Gasteiger partial charge on any atom is -0.443 e. The summed E-state index contributed by atoms with van der Waals surface area (Å²) >= 11 is 0. The van der Waals surface area contributed by atoms with Crippen LogP contribution in [-0.2, 0) is 4.74 Å². The lowest BCUT2D eigenvalue weighted by Crippen LogP contribution is -2.27. The first-order valence-electron chi connectivity index (χ1n) is 3.39. The van der Waals surface area contributed by atoms with Crippen molar-refractivity contribution in [2.45, 2.75) is 20.8 Å². The molecule has 0 aliphatic carbocycles. The predicted octanol–water partition coefficient (Wildman–Crippen LogP) is 1.55. The molecule has 0 heterocycles. The molecule has 0 unspecified atom stereocenters. The molecule has 0 rings (SSSR count). The molecule has 3 nitrogen and oxygen atoms in total. The van der Waals surface area contributed by atoms with Crippen molar-refractivity contribution in [1.82, 2.24) is 5.32 Å². The van der Waals surface area contributed by atoms with Gasteiger partial charge in [0.05, 0.1) is 0 Å². The molecule has 10 heavy (non-hydrogen) atoms. The van der Waals surface area contributed by atoms with Crippen LogP contribution in [-0.4, -0.2) is 12.6 Å². The smallest absolute Gasteiger partial charge is 0.407 e. The Morgan fingerprint density at radius 3 is 2.70 bits per heavy atom. The molecular formula is C7H14NO2. The van der Waals surface area contributed by atoms with Gasteiger partial charge in [0.1, 0.15) is 6.61 Å². The predicted molar refractivity (Wildman–Crippen MR) is 39.3 cm³/mol. The molecule has 1 N–H and O–H groups in total. The summed E-state index contributed by atoms with van der Waals surface area (Å²) < 4.78 is 4.52. The molecule has 0 saturated heterocycles. The van der Waals surface area contributed by atoms with Gasteiger partial charge in [-0.05, 0) is 12.8 Å². The number of carbonyl (C=O) groups is 1. The summed E-state index contributed by atoms with van der Waals surface area (Å²) in [4.78, 5) is 10.6. The molecule has 0 fully saturated rings. The summed E-state index contributed by atoms with van der Waals surface area (Å²) in [6.45, 7) is 7.73. The second-order valence-electron chi connectivity index (χ2n) is 2.42. The van der Waals surface area contributed by atoms with Crippen LogP contribution in [0.3, 0.4) is 0 Å². The van der Waals surface area contributed by atoms with E-state index in [1.807, 2.05) is 13.8 Å². The van der Waals surface area contributed by atoms with Crippen molar-refractivity contribution in [2.75, 3.05) is 6.54 Å². The maximum atomic E-state index is 10.6. The molecule has 0 aliphatic heterocycles. The number of alkyl carbamates (subject to hydrolysis) is 1. The molecule has 0 aromatic rings. The highest BCUT2D eigenvalue weighted by molar-refractivity contribution is 5.67. The molecule has 3 heteroatoms. The number of rotatable bonds is 3. The molecule has 0 atom stereocenters. The van der Waals surface area contributed by atoms with E-state index in [4.69, 9.17) is 0 Å². The number of hydrogen-bond acceptors (Lipinski definition) is 2. The number of nitrogens with one attached hydrogen (secondary N) is 1. The van der Waals surface area contributed by atoms with E-state index in [0.29, 0.717) is 12.5 Å². The van der Waals surface area contributed by atoms with Gasteiger partial charge in [-0.1, -0.05) is 13.8 Å². The van der Waals surface area contributed by atoms with E-state index in [9.17, 15) is 4.79 Å². The maximum Gasteiger partial charge on any atom is 0.407 e. The van der Waals surface area contributed by atoms with E-state index in [-0.39, 0.29) is 6.09 Å². The van der Waals surface area contributed by atoms with Crippen LogP contribution in [0.2, 0.25) is 0 Å². The molecule has 0 bridgehead atoms. The first-order chi connectivity index (χ1) is 4.66. The van der Waals surface area contributed by atoms with Gasteiger partial charge in [0.25, 0.3) is 0 Å². The molecule has 0 aromatic heterocycles. The largest absolute Gasteiger partial charge is 0.443 e. The lowest BCUT2D eigenvalue weighted by molar-refractivity contribution is 0.172. The molecule has 1 amide bonds. The van der Waals surface area contributed by atoms with Crippen LogP contribution >= 0.6 is 0 Å². The first-order valence-corrected chi connectivity index (χ1v) is 3.39. The molecule has 0 saturated carbocycles. The van der Waals surface area contributed by atoms with E-state index in [2.05, 4.69) is 10.1 Å². The summed E-state index contributed by atoms with van der Waals surface area (Å²) in [5, 5.41) is 2.59. The van der Waals surface area contributed by atoms with Crippen LogP contribution in [0.15, 0.2) is 0 Å². The highest BCUT2D eigenvalue weighted by Crippen LogP contribution is 1.88. The molecule has 0 aromatic carbocycles. The van der Waals surface area contributed by atoms with Crippen LogP contribution < -0.4 is 5.32 Å². The van der Waals surface area contributed by atoms with Crippen molar-refractivity contribution < 1.29 is 9.53 Å². The van der Waals surface area contributed by atoms with Gasteiger partial charge in [-0.25, -0.2) is 4.79 Å². The standard InChI is InChI=1S/C7H14NO2/c1-4-10-7(9)8-5-6(2)3/h4,6H,5H2,1-3H3,(H,8,9). The van der Waals surface area contributed by atoms with Gasteiger partial charge in [0.2, 0.25) is 0 Å². The summed E-state index contributed by atoms with van der Waals surface area (Å²) in [5.74, 6) is 0.462. The third-order valence-electron chi connectivity index (χ3n) is 0.880. The number of carbonyl (C=O) groups excluding carboxylic acids is 1. The van der Waals surface area contributed by atoms with E-state index >= 15 is 0 Å². The van der Waals surface area contributed by atoms with Gasteiger partial charge in [-0.2, -0.15) is 0 Å². The fraction of sp³-hybridized carbons (Fsp3) is 0.714. The average Bonchev–Trinajstić information content (AvgIpc) is 1.85. The number of hydrogen-bond donors (Lipinski definition) is 1. The van der Waals surface area contributed by atoms with Gasteiger partial charge in [-0.3, -0.25) is 0 Å². The van der Waals surface area contributed by atoms with E-state index in [1.165, 1.54) is 6.61 Å². The summed E-state index contributed by atoms with van der Waals surface area (Å²) in [6, 6.07) is 0. The normalized spacial score (nSPS) is 9.60. The summed E-state index contributed by atoms with van der Waals surface area (Å²) in [5.41, 5.74) is 0. The van der Waals surface area contributed by atoms with Crippen molar-refractivity contribution in [3.05, 3.63) is 6.61 Å². The highest BCUT2D eigenvalue weighted by Gasteiger charge is 1.99. The van der Waals surface area contributed by atoms with Crippen molar-refractivity contribution in [1.29, 1.82) is 0 Å². The lowest BCUT2D eigenvalue weighted by atomic mass is 10.2. The van der Waals surface area contributed by atoms with Crippen LogP contribution in [0.5, 0.6) is 0 Å². The Bertz CT molecular complexity index is 102. The first kappa shape index (κ1) is 9.27. The Morgan fingerprint density at radius 2 is 2.30 bits per heavy atom. The maximum absolute atomic E-state index is 10.6. The fourth-order valence-corrected chi connectivity index (χ4v) is 0.436. The Hall–Kier alpha value is -0.730. The zero-order valence-corrected chi connectivity index (χ0v) is 6.68. The second-order valence-corrected chi connectivity index (χ2v) is 2.42. The van der Waals surface area contributed by atoms with Crippen molar-refractivity contribution in [2.24, 2.45) is 5.92 Å². The average molecular weight is 144 g/mol. The third-order valence-corrected chi connectivity index (χ3v) is 0.880. The van der Waals surface area contributed by atoms with Crippen molar-refractivity contribution in [3.8, 4) is 0 Å². The summed E-state index contributed by atoms with van der Waals surface area (Å²) in [7, 11) is 0. The topological polar surface area (TPSA) is 38.3 Å². The quantitative estimate of drug-likeness (QED) is 0.652. The Labute approximate surface area is 61.8 Å². The van der Waals surface area contributed by atoms with E-state index < -0.39 is 0 Å². The monoisotopic (exact) mass is 144 g/mol. The molecular weight excluding hydrogens is 130 g/mol. The Morgan fingerprint density at radius 1 is 1.70 bits per heavy atom. The lowest BCUT2D eigenvalue weighted by Gasteiger charge is -2.05. The van der Waals surface area contributed by atoms with Gasteiger partial charge in [0.15, 0.2) is 0 Å². The Kier molecular flexibility index (Phi) is 4.72. The number of ether oxygens (including phenoxy) is 1. The van der Waals surface area contributed by atoms with Gasteiger partial charge >= 0.3 is 6.09 Å². The zero-order chi connectivity index (χ0) is 7.98. The SMILES string of the molecule is C[CH]OC(=O)NCC(C)C. The van der Waals surface area contributed by atoms with Crippen molar-refractivity contribution in [3.63, 3.8) is 0 Å². The number of amides is 1. The van der Waals surface area contributed by atoms with Gasteiger partial charge in [0, 0.05) is 6.54 Å². The molecule has 59 valence electrons. The zero-order valence-electron chi connectivity index (χ0n) is 6.68. The van der Waals surface area contributed by atoms with Gasteiger partial charge in [-0.15, -0.1) is 0 Å². The summed E-state index contributed by atoms with van der Waals surface area (Å²) in [6.07, 6.45) is -0.379. The van der Waals surface area contributed by atoms with Gasteiger partial charge < -0.3 is 10.1 Å². The van der Waals surface area contributed by atoms with Crippen LogP contribution in [0, 0.1) is 12.5 Å². The fourth-order valence-electron chi connectivity index (χ4n) is 0.436. The Balaban J connectivity index is 3.22. The molecule has 1 radical (unpaired) electrons. The van der Waals surface area contributed by atoms with E-state index in [0.717, 1.165) is 0 Å². The molecule has 0 spiro atoms. The van der Waals surface area contributed by atoms with Crippen LogP contribution in [0.25, 0.3) is 0 Å². The van der Waals surface area contributed by atoms with Crippen LogP contribution in [0.1, 0.15) is 20.8 Å². The van der Waals surface area contributed by atoms with Crippen LogP contribution in [0.4, 0.5) is 4.79 Å². The van der Waals surface area contributed by atoms with Crippen molar-refractivity contribution >= 4 is 6.09 Å². The molecule has 0 aliphatic rings. The highest BCUT2D eigenvalue weighted by atomic mass is 16.5. The second kappa shape index (κ2) is 5.09. The van der Waals surface area contributed by atoms with E-state index in [1.54, 1.807) is 6.92 Å². The minimum absolute atomic E-state index is 0.379. The minimum atomic E-state index is -0.379. The third kappa shape index (κ3) is 5.41.